The number of esters is 1. The number of unbranched alkanes of at least 4 members (excludes halogenated alkanes) is 2. The first-order valence-electron chi connectivity index (χ1n) is 6.53. The molecule has 1 saturated heterocycles. The Bertz CT molecular complexity index is 287. The molecule has 0 spiro atoms. The van der Waals surface area contributed by atoms with E-state index in [-0.39, 0.29) is 5.97 Å². The number of rotatable bonds is 7. The summed E-state index contributed by atoms with van der Waals surface area (Å²) in [6.07, 6.45) is 7.95. The van der Waals surface area contributed by atoms with Crippen LogP contribution in [0.2, 0.25) is 0 Å². The summed E-state index contributed by atoms with van der Waals surface area (Å²) >= 11 is 0. The number of nitrogens with one attached hydrogen (secondary N) is 1. The number of hydrogen-bond acceptors (Lipinski definition) is 3. The zero-order chi connectivity index (χ0) is 12.5. The summed E-state index contributed by atoms with van der Waals surface area (Å²) in [5.41, 5.74) is 1.95. The molecule has 1 heterocycles. The molecule has 3 heteroatoms. The highest BCUT2D eigenvalue weighted by Crippen LogP contribution is 2.20. The van der Waals surface area contributed by atoms with Gasteiger partial charge in [-0.05, 0) is 45.4 Å². The molecule has 1 aliphatic heterocycles. The average Bonchev–Trinajstić information content (AvgIpc) is 2.83. The first-order chi connectivity index (χ1) is 8.29. The van der Waals surface area contributed by atoms with E-state index >= 15 is 0 Å². The van der Waals surface area contributed by atoms with Gasteiger partial charge in [0, 0.05) is 12.2 Å². The van der Waals surface area contributed by atoms with Crippen LogP contribution in [0.15, 0.2) is 23.9 Å². The second kappa shape index (κ2) is 7.93. The lowest BCUT2D eigenvalue weighted by atomic mass is 10.0. The van der Waals surface area contributed by atoms with Gasteiger partial charge in [0.15, 0.2) is 0 Å². The molecule has 0 unspecified atom stereocenters. The van der Waals surface area contributed by atoms with Gasteiger partial charge in [-0.2, -0.15) is 0 Å². The lowest BCUT2D eigenvalue weighted by Gasteiger charge is -2.10. The smallest absolute Gasteiger partial charge is 0.335 e. The van der Waals surface area contributed by atoms with E-state index in [1.165, 1.54) is 0 Å². The van der Waals surface area contributed by atoms with Gasteiger partial charge in [-0.15, -0.1) is 6.58 Å². The molecule has 0 amide bonds. The monoisotopic (exact) mass is 237 g/mol. The van der Waals surface area contributed by atoms with Crippen LogP contribution in [0.25, 0.3) is 0 Å². The first-order valence-corrected chi connectivity index (χ1v) is 6.53. The van der Waals surface area contributed by atoms with Gasteiger partial charge in [0.2, 0.25) is 0 Å². The molecular formula is C14H23NO2. The molecule has 1 fully saturated rings. The Morgan fingerprint density at radius 2 is 2.35 bits per heavy atom. The van der Waals surface area contributed by atoms with Crippen molar-refractivity contribution in [2.75, 3.05) is 13.2 Å². The maximum Gasteiger partial charge on any atom is 0.335 e. The van der Waals surface area contributed by atoms with Crippen molar-refractivity contribution in [3.63, 3.8) is 0 Å². The maximum atomic E-state index is 11.9. The van der Waals surface area contributed by atoms with Gasteiger partial charge in [-0.25, -0.2) is 4.79 Å². The van der Waals surface area contributed by atoms with Crippen LogP contribution in [0, 0.1) is 0 Å². The van der Waals surface area contributed by atoms with E-state index in [1.807, 2.05) is 13.0 Å². The minimum absolute atomic E-state index is 0.143. The molecule has 0 radical (unpaired) electrons. The van der Waals surface area contributed by atoms with Crippen LogP contribution in [0.4, 0.5) is 0 Å². The highest BCUT2D eigenvalue weighted by atomic mass is 16.5. The van der Waals surface area contributed by atoms with Crippen LogP contribution in [0.5, 0.6) is 0 Å². The SMILES string of the molecule is C=CCCCC/C(C(=O)OCC)=C1/CCCN1. The molecule has 0 atom stereocenters. The Hall–Kier alpha value is -1.25. The number of ether oxygens (including phenoxy) is 1. The summed E-state index contributed by atoms with van der Waals surface area (Å²) in [5, 5.41) is 3.30. The Morgan fingerprint density at radius 3 is 2.94 bits per heavy atom. The minimum Gasteiger partial charge on any atom is -0.463 e. The molecule has 17 heavy (non-hydrogen) atoms. The fourth-order valence-corrected chi connectivity index (χ4v) is 2.04. The van der Waals surface area contributed by atoms with Gasteiger partial charge in [0.05, 0.1) is 12.2 Å². The van der Waals surface area contributed by atoms with E-state index in [0.717, 1.165) is 56.3 Å². The summed E-state index contributed by atoms with van der Waals surface area (Å²) in [4.78, 5) is 11.9. The first kappa shape index (κ1) is 13.8. The van der Waals surface area contributed by atoms with Gasteiger partial charge >= 0.3 is 5.97 Å². The second-order valence-electron chi connectivity index (χ2n) is 4.24. The number of carbonyl (C=O) groups is 1. The van der Waals surface area contributed by atoms with Crippen LogP contribution in [0.1, 0.15) is 45.4 Å². The standard InChI is InChI=1S/C14H23NO2/c1-3-5-6-7-9-12(14(16)17-4-2)13-10-8-11-15-13/h3,15H,1,4-11H2,2H3/b13-12+. The van der Waals surface area contributed by atoms with Crippen molar-refractivity contribution in [2.45, 2.75) is 45.4 Å². The Balaban J connectivity index is 2.56. The fraction of sp³-hybridized carbons (Fsp3) is 0.643. The van der Waals surface area contributed by atoms with Crippen molar-refractivity contribution in [1.29, 1.82) is 0 Å². The van der Waals surface area contributed by atoms with Crippen LogP contribution in [0.3, 0.4) is 0 Å². The molecule has 0 aliphatic carbocycles. The Labute approximate surface area is 104 Å². The van der Waals surface area contributed by atoms with Crippen molar-refractivity contribution in [1.82, 2.24) is 5.32 Å². The van der Waals surface area contributed by atoms with Crippen molar-refractivity contribution in [3.05, 3.63) is 23.9 Å². The molecule has 0 aromatic heterocycles. The van der Waals surface area contributed by atoms with Crippen molar-refractivity contribution in [3.8, 4) is 0 Å². The molecular weight excluding hydrogens is 214 g/mol. The summed E-state index contributed by atoms with van der Waals surface area (Å²) in [6.45, 7) is 6.97. The van der Waals surface area contributed by atoms with Crippen LogP contribution in [-0.2, 0) is 9.53 Å². The largest absolute Gasteiger partial charge is 0.463 e. The average molecular weight is 237 g/mol. The van der Waals surface area contributed by atoms with E-state index in [2.05, 4.69) is 11.9 Å². The lowest BCUT2D eigenvalue weighted by Crippen LogP contribution is -2.15. The fourth-order valence-electron chi connectivity index (χ4n) is 2.04. The van der Waals surface area contributed by atoms with Gasteiger partial charge in [0.1, 0.15) is 0 Å². The van der Waals surface area contributed by atoms with Crippen molar-refractivity contribution < 1.29 is 9.53 Å². The van der Waals surface area contributed by atoms with E-state index in [4.69, 9.17) is 4.74 Å². The summed E-state index contributed by atoms with van der Waals surface area (Å²) in [6, 6.07) is 0. The highest BCUT2D eigenvalue weighted by Gasteiger charge is 2.18. The number of carbonyl (C=O) groups excluding carboxylic acids is 1. The van der Waals surface area contributed by atoms with Crippen molar-refractivity contribution in [2.24, 2.45) is 0 Å². The third-order valence-corrected chi connectivity index (χ3v) is 2.91. The normalized spacial score (nSPS) is 17.5. The Kier molecular flexibility index (Phi) is 6.45. The molecule has 0 aromatic rings. The maximum absolute atomic E-state index is 11.9. The van der Waals surface area contributed by atoms with Gasteiger partial charge in [0.25, 0.3) is 0 Å². The molecule has 0 bridgehead atoms. The van der Waals surface area contributed by atoms with Crippen LogP contribution < -0.4 is 5.32 Å². The summed E-state index contributed by atoms with van der Waals surface area (Å²) in [7, 11) is 0. The Morgan fingerprint density at radius 1 is 1.53 bits per heavy atom. The molecule has 3 nitrogen and oxygen atoms in total. The van der Waals surface area contributed by atoms with Crippen LogP contribution in [-0.4, -0.2) is 19.1 Å². The molecule has 1 rings (SSSR count). The number of allylic oxidation sites excluding steroid dienone is 2. The predicted octanol–water partition coefficient (Wildman–Crippen LogP) is 2.93. The van der Waals surface area contributed by atoms with E-state index < -0.39 is 0 Å². The third-order valence-electron chi connectivity index (χ3n) is 2.91. The van der Waals surface area contributed by atoms with E-state index in [9.17, 15) is 4.79 Å². The lowest BCUT2D eigenvalue weighted by molar-refractivity contribution is -0.138. The minimum atomic E-state index is -0.143. The molecule has 96 valence electrons. The summed E-state index contributed by atoms with van der Waals surface area (Å²) < 4.78 is 5.12. The van der Waals surface area contributed by atoms with Crippen molar-refractivity contribution >= 4 is 5.97 Å². The van der Waals surface area contributed by atoms with Crippen LogP contribution >= 0.6 is 0 Å². The van der Waals surface area contributed by atoms with Gasteiger partial charge in [-0.3, -0.25) is 0 Å². The van der Waals surface area contributed by atoms with Gasteiger partial charge < -0.3 is 10.1 Å². The molecule has 1 aliphatic rings. The highest BCUT2D eigenvalue weighted by molar-refractivity contribution is 5.89. The zero-order valence-electron chi connectivity index (χ0n) is 10.8. The van der Waals surface area contributed by atoms with E-state index in [0.29, 0.717) is 6.61 Å². The zero-order valence-corrected chi connectivity index (χ0v) is 10.8. The van der Waals surface area contributed by atoms with Gasteiger partial charge in [-0.1, -0.05) is 6.08 Å². The molecule has 0 saturated carbocycles. The number of hydrogen-bond donors (Lipinski definition) is 1. The predicted molar refractivity (Wildman–Crippen MR) is 69.6 cm³/mol. The summed E-state index contributed by atoms with van der Waals surface area (Å²) in [5.74, 6) is -0.143. The molecule has 0 aromatic carbocycles. The second-order valence-corrected chi connectivity index (χ2v) is 4.24. The molecule has 1 N–H and O–H groups in total. The van der Waals surface area contributed by atoms with E-state index in [1.54, 1.807) is 0 Å². The third kappa shape index (κ3) is 4.63. The quantitative estimate of drug-likeness (QED) is 0.320. The topological polar surface area (TPSA) is 38.3 Å².